The molecule has 0 aliphatic carbocycles. The highest BCUT2D eigenvalue weighted by Crippen LogP contribution is 2.04. The maximum Gasteiger partial charge on any atom is 0.404 e. The van der Waals surface area contributed by atoms with Crippen LogP contribution in [0.25, 0.3) is 0 Å². The molecule has 0 heterocycles. The summed E-state index contributed by atoms with van der Waals surface area (Å²) in [6, 6.07) is 9.19. The van der Waals surface area contributed by atoms with Crippen LogP contribution < -0.4 is 11.1 Å². The van der Waals surface area contributed by atoms with Gasteiger partial charge in [0.05, 0.1) is 6.04 Å². The van der Waals surface area contributed by atoms with Crippen LogP contribution in [-0.2, 0) is 16.0 Å². The number of nitrogens with one attached hydrogen (secondary N) is 1. The second-order valence-corrected chi connectivity index (χ2v) is 3.99. The van der Waals surface area contributed by atoms with Gasteiger partial charge in [0.15, 0.2) is 0 Å². The first-order valence-electron chi connectivity index (χ1n) is 5.43. The zero-order valence-electron chi connectivity index (χ0n) is 9.77. The second-order valence-electron chi connectivity index (χ2n) is 3.72. The largest absolute Gasteiger partial charge is 0.448 e. The molecule has 5 nitrogen and oxygen atoms in total. The molecule has 0 aliphatic rings. The lowest BCUT2D eigenvalue weighted by Crippen LogP contribution is -2.41. The normalized spacial score (nSPS) is 11.6. The minimum Gasteiger partial charge on any atom is -0.448 e. The number of carbonyl (C=O) groups excluding carboxylic acids is 2. The molecule has 1 aromatic rings. The van der Waals surface area contributed by atoms with Crippen molar-refractivity contribution in [2.45, 2.75) is 12.5 Å². The fraction of sp³-hybridized carbons (Fsp3) is 0.333. The van der Waals surface area contributed by atoms with Crippen LogP contribution in [0.3, 0.4) is 0 Å². The molecule has 18 heavy (non-hydrogen) atoms. The van der Waals surface area contributed by atoms with E-state index in [0.29, 0.717) is 6.42 Å². The summed E-state index contributed by atoms with van der Waals surface area (Å²) in [6.07, 6.45) is -0.329. The number of halogens is 1. The summed E-state index contributed by atoms with van der Waals surface area (Å²) in [5.41, 5.74) is 5.92. The quantitative estimate of drug-likeness (QED) is 0.758. The van der Waals surface area contributed by atoms with E-state index in [9.17, 15) is 9.59 Å². The Kier molecular flexibility index (Phi) is 6.00. The SMILES string of the molecule is NC(=O)OCC(Cc1ccccc1)NC(=O)CCl. The molecule has 0 radical (unpaired) electrons. The van der Waals surface area contributed by atoms with Gasteiger partial charge in [0, 0.05) is 0 Å². The van der Waals surface area contributed by atoms with Gasteiger partial charge in [-0.1, -0.05) is 30.3 Å². The molecule has 0 bridgehead atoms. The van der Waals surface area contributed by atoms with Gasteiger partial charge in [0.2, 0.25) is 5.91 Å². The van der Waals surface area contributed by atoms with E-state index < -0.39 is 6.09 Å². The van der Waals surface area contributed by atoms with Gasteiger partial charge < -0.3 is 15.8 Å². The molecule has 1 unspecified atom stereocenters. The third kappa shape index (κ3) is 5.54. The molecule has 98 valence electrons. The van der Waals surface area contributed by atoms with Gasteiger partial charge in [-0.3, -0.25) is 4.79 Å². The summed E-state index contributed by atoms with van der Waals surface area (Å²) in [5.74, 6) is -0.451. The predicted octanol–water partition coefficient (Wildman–Crippen LogP) is 1.05. The van der Waals surface area contributed by atoms with Crippen LogP contribution >= 0.6 is 11.6 Å². The number of hydrogen-bond donors (Lipinski definition) is 2. The Bertz CT molecular complexity index is 398. The molecule has 0 saturated carbocycles. The van der Waals surface area contributed by atoms with E-state index >= 15 is 0 Å². The molecule has 0 saturated heterocycles. The van der Waals surface area contributed by atoms with Crippen LogP contribution in [-0.4, -0.2) is 30.5 Å². The summed E-state index contributed by atoms with van der Waals surface area (Å²) >= 11 is 5.42. The third-order valence-electron chi connectivity index (χ3n) is 2.24. The predicted molar refractivity (Wildman–Crippen MR) is 68.3 cm³/mol. The van der Waals surface area contributed by atoms with Crippen molar-refractivity contribution in [3.63, 3.8) is 0 Å². The number of rotatable bonds is 6. The third-order valence-corrected chi connectivity index (χ3v) is 2.48. The fourth-order valence-electron chi connectivity index (χ4n) is 1.50. The Morgan fingerprint density at radius 2 is 2.00 bits per heavy atom. The Balaban J connectivity index is 2.58. The van der Waals surface area contributed by atoms with E-state index in [2.05, 4.69) is 5.32 Å². The van der Waals surface area contributed by atoms with Crippen molar-refractivity contribution in [1.82, 2.24) is 5.32 Å². The number of primary amides is 1. The van der Waals surface area contributed by atoms with Crippen molar-refractivity contribution in [2.75, 3.05) is 12.5 Å². The summed E-state index contributed by atoms with van der Waals surface area (Å²) in [5, 5.41) is 2.67. The Labute approximate surface area is 110 Å². The van der Waals surface area contributed by atoms with Crippen molar-refractivity contribution in [1.29, 1.82) is 0 Å². The number of amides is 2. The van der Waals surface area contributed by atoms with E-state index in [1.807, 2.05) is 30.3 Å². The topological polar surface area (TPSA) is 81.4 Å². The average Bonchev–Trinajstić information content (AvgIpc) is 2.37. The molecule has 1 rings (SSSR count). The minimum atomic E-state index is -0.867. The summed E-state index contributed by atoms with van der Waals surface area (Å²) in [7, 11) is 0. The van der Waals surface area contributed by atoms with E-state index in [1.165, 1.54) is 0 Å². The smallest absolute Gasteiger partial charge is 0.404 e. The Morgan fingerprint density at radius 1 is 1.33 bits per heavy atom. The van der Waals surface area contributed by atoms with Crippen LogP contribution in [0.15, 0.2) is 30.3 Å². The Morgan fingerprint density at radius 3 is 2.56 bits per heavy atom. The lowest BCUT2D eigenvalue weighted by molar-refractivity contribution is -0.119. The number of alkyl halides is 1. The fourth-order valence-corrected chi connectivity index (χ4v) is 1.58. The van der Waals surface area contributed by atoms with Crippen LogP contribution in [0.1, 0.15) is 5.56 Å². The van der Waals surface area contributed by atoms with Crippen LogP contribution in [0.5, 0.6) is 0 Å². The highest BCUT2D eigenvalue weighted by atomic mass is 35.5. The van der Waals surface area contributed by atoms with Crippen LogP contribution in [0.4, 0.5) is 4.79 Å². The Hall–Kier alpha value is -1.75. The monoisotopic (exact) mass is 270 g/mol. The first kappa shape index (κ1) is 14.3. The van der Waals surface area contributed by atoms with Crippen molar-refractivity contribution in [3.8, 4) is 0 Å². The zero-order valence-corrected chi connectivity index (χ0v) is 10.5. The molecule has 1 atom stereocenters. The van der Waals surface area contributed by atoms with Gasteiger partial charge in [0.1, 0.15) is 12.5 Å². The molecule has 0 spiro atoms. The maximum absolute atomic E-state index is 11.2. The van der Waals surface area contributed by atoms with Crippen molar-refractivity contribution < 1.29 is 14.3 Å². The number of hydrogen-bond acceptors (Lipinski definition) is 3. The molecule has 1 aromatic carbocycles. The summed E-state index contributed by atoms with van der Waals surface area (Å²) in [6.45, 7) is 0.0207. The molecular formula is C12H15ClN2O3. The van der Waals surface area contributed by atoms with Crippen molar-refractivity contribution in [2.24, 2.45) is 5.73 Å². The minimum absolute atomic E-state index is 0.0207. The van der Waals surface area contributed by atoms with Crippen LogP contribution in [0.2, 0.25) is 0 Å². The zero-order chi connectivity index (χ0) is 13.4. The molecule has 3 N–H and O–H groups in total. The summed E-state index contributed by atoms with van der Waals surface area (Å²) < 4.78 is 4.70. The van der Waals surface area contributed by atoms with Gasteiger partial charge in [-0.15, -0.1) is 11.6 Å². The van der Waals surface area contributed by atoms with Crippen LogP contribution in [0, 0.1) is 0 Å². The lowest BCUT2D eigenvalue weighted by Gasteiger charge is -2.17. The number of ether oxygens (including phenoxy) is 1. The van der Waals surface area contributed by atoms with Crippen molar-refractivity contribution >= 4 is 23.6 Å². The molecule has 6 heteroatoms. The molecule has 0 fully saturated rings. The van der Waals surface area contributed by atoms with Gasteiger partial charge in [0.25, 0.3) is 0 Å². The van der Waals surface area contributed by atoms with E-state index in [-0.39, 0.29) is 24.4 Å². The molecule has 0 aliphatic heterocycles. The lowest BCUT2D eigenvalue weighted by atomic mass is 10.1. The average molecular weight is 271 g/mol. The second kappa shape index (κ2) is 7.55. The molecule has 0 aromatic heterocycles. The molecule has 2 amide bonds. The number of carbonyl (C=O) groups is 2. The van der Waals surface area contributed by atoms with Crippen molar-refractivity contribution in [3.05, 3.63) is 35.9 Å². The van der Waals surface area contributed by atoms with Gasteiger partial charge in [-0.2, -0.15) is 0 Å². The highest BCUT2D eigenvalue weighted by molar-refractivity contribution is 6.27. The first-order valence-corrected chi connectivity index (χ1v) is 5.96. The van der Waals surface area contributed by atoms with Gasteiger partial charge in [-0.25, -0.2) is 4.79 Å². The number of nitrogens with two attached hydrogens (primary N) is 1. The number of benzene rings is 1. The summed E-state index contributed by atoms with van der Waals surface area (Å²) in [4.78, 5) is 21.8. The molecular weight excluding hydrogens is 256 g/mol. The standard InChI is InChI=1S/C12H15ClN2O3/c13-7-11(16)15-10(8-18-12(14)17)6-9-4-2-1-3-5-9/h1-5,10H,6-8H2,(H2,14,17)(H,15,16). The van der Waals surface area contributed by atoms with Gasteiger partial charge in [-0.05, 0) is 12.0 Å². The van der Waals surface area contributed by atoms with Gasteiger partial charge >= 0.3 is 6.09 Å². The first-order chi connectivity index (χ1) is 8.61. The van der Waals surface area contributed by atoms with E-state index in [4.69, 9.17) is 22.1 Å². The van der Waals surface area contributed by atoms with E-state index in [1.54, 1.807) is 0 Å². The maximum atomic E-state index is 11.2. The van der Waals surface area contributed by atoms with E-state index in [0.717, 1.165) is 5.56 Å². The highest BCUT2D eigenvalue weighted by Gasteiger charge is 2.14.